The van der Waals surface area contributed by atoms with Crippen molar-refractivity contribution in [2.75, 3.05) is 6.61 Å². The molecule has 0 unspecified atom stereocenters. The predicted molar refractivity (Wildman–Crippen MR) is 53.9 cm³/mol. The van der Waals surface area contributed by atoms with Gasteiger partial charge in [-0.25, -0.2) is 9.59 Å². The molecule has 0 aliphatic heterocycles. The second-order valence-electron chi connectivity index (χ2n) is 3.18. The number of rotatable bonds is 4. The van der Waals surface area contributed by atoms with Gasteiger partial charge in [-0.1, -0.05) is 12.1 Å². The van der Waals surface area contributed by atoms with Crippen LogP contribution in [0.2, 0.25) is 0 Å². The van der Waals surface area contributed by atoms with Crippen LogP contribution in [0.3, 0.4) is 0 Å². The average molecular weight is 244 g/mol. The number of carboxylic acids is 1. The molecule has 1 N–H and O–H groups in total. The van der Waals surface area contributed by atoms with Crippen molar-refractivity contribution in [3.63, 3.8) is 0 Å². The largest absolute Gasteiger partial charge is 0.477 e. The van der Waals surface area contributed by atoms with Gasteiger partial charge in [0.15, 0.2) is 0 Å². The maximum absolute atomic E-state index is 13.0. The zero-order valence-electron chi connectivity index (χ0n) is 8.94. The lowest BCUT2D eigenvalue weighted by atomic mass is 10.1. The fourth-order valence-corrected chi connectivity index (χ4v) is 1.15. The van der Waals surface area contributed by atoms with Crippen molar-refractivity contribution in [3.8, 4) is 0 Å². The first-order chi connectivity index (χ1) is 7.89. The molecule has 92 valence electrons. The van der Waals surface area contributed by atoms with Gasteiger partial charge in [-0.05, 0) is 19.1 Å². The van der Waals surface area contributed by atoms with Crippen molar-refractivity contribution in [2.24, 2.45) is 0 Å². The van der Waals surface area contributed by atoms with E-state index in [9.17, 15) is 18.4 Å². The van der Waals surface area contributed by atoms with E-state index in [1.165, 1.54) is 0 Å². The summed E-state index contributed by atoms with van der Waals surface area (Å²) in [6, 6.07) is 3.98. The van der Waals surface area contributed by atoms with Gasteiger partial charge in [0.1, 0.15) is 0 Å². The molecule has 17 heavy (non-hydrogen) atoms. The van der Waals surface area contributed by atoms with E-state index in [4.69, 9.17) is 5.11 Å². The fraction of sp³-hybridized carbons (Fsp3) is 0.273. The lowest BCUT2D eigenvalue weighted by Gasteiger charge is -2.11. The van der Waals surface area contributed by atoms with Crippen LogP contribution in [0.5, 0.6) is 0 Å². The summed E-state index contributed by atoms with van der Waals surface area (Å²) in [7, 11) is 0. The molecule has 1 rings (SSSR count). The summed E-state index contributed by atoms with van der Waals surface area (Å²) in [5.41, 5.74) is -0.588. The maximum Gasteiger partial charge on any atom is 0.379 e. The lowest BCUT2D eigenvalue weighted by molar-refractivity contribution is -0.166. The number of ether oxygens (including phenoxy) is 1. The monoisotopic (exact) mass is 244 g/mol. The molecule has 1 aromatic rings. The van der Waals surface area contributed by atoms with E-state index in [0.29, 0.717) is 0 Å². The zero-order chi connectivity index (χ0) is 13.1. The first-order valence-corrected chi connectivity index (χ1v) is 4.78. The Hall–Kier alpha value is -1.98. The molecule has 0 aliphatic rings. The van der Waals surface area contributed by atoms with Crippen molar-refractivity contribution < 1.29 is 28.2 Å². The number of alkyl halides is 2. The Kier molecular flexibility index (Phi) is 3.77. The highest BCUT2D eigenvalue weighted by molar-refractivity contribution is 5.89. The SMILES string of the molecule is CCOC(=O)c1ccc(C(F)(F)C(=O)O)cc1. The van der Waals surface area contributed by atoms with Gasteiger partial charge in [-0.2, -0.15) is 8.78 Å². The van der Waals surface area contributed by atoms with Crippen LogP contribution in [0.15, 0.2) is 24.3 Å². The van der Waals surface area contributed by atoms with E-state index in [-0.39, 0.29) is 12.2 Å². The first kappa shape index (κ1) is 13.1. The number of benzene rings is 1. The molecule has 0 atom stereocenters. The summed E-state index contributed by atoms with van der Waals surface area (Å²) in [6.45, 7) is 1.79. The number of esters is 1. The third-order valence-corrected chi connectivity index (χ3v) is 2.03. The second kappa shape index (κ2) is 4.90. The molecule has 1 aromatic carbocycles. The number of carbonyl (C=O) groups excluding carboxylic acids is 1. The zero-order valence-corrected chi connectivity index (χ0v) is 8.94. The Labute approximate surface area is 95.8 Å². The molecule has 0 fully saturated rings. The molecule has 0 radical (unpaired) electrons. The van der Waals surface area contributed by atoms with Crippen LogP contribution in [0.25, 0.3) is 0 Å². The van der Waals surface area contributed by atoms with Crippen LogP contribution in [0.4, 0.5) is 8.78 Å². The normalized spacial score (nSPS) is 11.0. The molecule has 4 nitrogen and oxygen atoms in total. The van der Waals surface area contributed by atoms with Crippen LogP contribution in [0.1, 0.15) is 22.8 Å². The van der Waals surface area contributed by atoms with Gasteiger partial charge in [0.2, 0.25) is 0 Å². The number of halogens is 2. The van der Waals surface area contributed by atoms with Crippen LogP contribution in [0, 0.1) is 0 Å². The Morgan fingerprint density at radius 1 is 1.29 bits per heavy atom. The molecule has 0 bridgehead atoms. The number of hydrogen-bond acceptors (Lipinski definition) is 3. The summed E-state index contributed by atoms with van der Waals surface area (Å²) in [5, 5.41) is 8.32. The molecule has 0 saturated carbocycles. The Morgan fingerprint density at radius 3 is 2.24 bits per heavy atom. The van der Waals surface area contributed by atoms with Crippen molar-refractivity contribution in [3.05, 3.63) is 35.4 Å². The van der Waals surface area contributed by atoms with Crippen LogP contribution in [-0.2, 0) is 15.5 Å². The van der Waals surface area contributed by atoms with Gasteiger partial charge in [0.05, 0.1) is 12.2 Å². The number of carboxylic acid groups (broad SMARTS) is 1. The van der Waals surface area contributed by atoms with Gasteiger partial charge < -0.3 is 9.84 Å². The molecule has 0 amide bonds. The second-order valence-corrected chi connectivity index (χ2v) is 3.18. The van der Waals surface area contributed by atoms with E-state index in [1.54, 1.807) is 6.92 Å². The molecule has 0 aromatic heterocycles. The highest BCUT2D eigenvalue weighted by Crippen LogP contribution is 2.28. The molecule has 0 heterocycles. The van der Waals surface area contributed by atoms with E-state index < -0.39 is 23.4 Å². The Bertz CT molecular complexity index is 426. The summed E-state index contributed by atoms with van der Waals surface area (Å²) < 4.78 is 30.7. The Balaban J connectivity index is 2.96. The molecule has 6 heteroatoms. The first-order valence-electron chi connectivity index (χ1n) is 4.78. The third-order valence-electron chi connectivity index (χ3n) is 2.03. The van der Waals surface area contributed by atoms with E-state index in [2.05, 4.69) is 4.74 Å². The van der Waals surface area contributed by atoms with E-state index >= 15 is 0 Å². The minimum Gasteiger partial charge on any atom is -0.477 e. The summed E-state index contributed by atoms with van der Waals surface area (Å²) >= 11 is 0. The molecule has 0 spiro atoms. The van der Waals surface area contributed by atoms with Crippen molar-refractivity contribution in [1.29, 1.82) is 0 Å². The minimum atomic E-state index is -3.97. The number of carbonyl (C=O) groups is 2. The highest BCUT2D eigenvalue weighted by Gasteiger charge is 2.40. The van der Waals surface area contributed by atoms with Crippen molar-refractivity contribution >= 4 is 11.9 Å². The van der Waals surface area contributed by atoms with E-state index in [0.717, 1.165) is 24.3 Å². The van der Waals surface area contributed by atoms with Gasteiger partial charge in [-0.15, -0.1) is 0 Å². The third kappa shape index (κ3) is 2.77. The number of aliphatic carboxylic acids is 1. The quantitative estimate of drug-likeness (QED) is 0.823. The molecule has 0 saturated heterocycles. The summed E-state index contributed by atoms with van der Waals surface area (Å²) in [6.07, 6.45) is 0. The fourth-order valence-electron chi connectivity index (χ4n) is 1.15. The van der Waals surface area contributed by atoms with Gasteiger partial charge in [-0.3, -0.25) is 0 Å². The van der Waals surface area contributed by atoms with Gasteiger partial charge >= 0.3 is 17.9 Å². The summed E-state index contributed by atoms with van der Waals surface area (Å²) in [5.74, 6) is -6.84. The smallest absolute Gasteiger partial charge is 0.379 e. The molecular formula is C11H10F2O4. The Morgan fingerprint density at radius 2 is 1.82 bits per heavy atom. The van der Waals surface area contributed by atoms with Crippen LogP contribution < -0.4 is 0 Å². The predicted octanol–water partition coefficient (Wildman–Crippen LogP) is 2.04. The average Bonchev–Trinajstić information content (AvgIpc) is 2.29. The lowest BCUT2D eigenvalue weighted by Crippen LogP contribution is -2.25. The minimum absolute atomic E-state index is 0.0942. The van der Waals surface area contributed by atoms with Crippen LogP contribution in [-0.4, -0.2) is 23.7 Å². The molecular weight excluding hydrogens is 234 g/mol. The van der Waals surface area contributed by atoms with Gasteiger partial charge in [0.25, 0.3) is 0 Å². The number of hydrogen-bond donors (Lipinski definition) is 1. The van der Waals surface area contributed by atoms with E-state index in [1.807, 2.05) is 0 Å². The van der Waals surface area contributed by atoms with Crippen molar-refractivity contribution in [1.82, 2.24) is 0 Å². The van der Waals surface area contributed by atoms with Crippen molar-refractivity contribution in [2.45, 2.75) is 12.8 Å². The summed E-state index contributed by atoms with van der Waals surface area (Å²) in [4.78, 5) is 21.5. The molecule has 0 aliphatic carbocycles. The standard InChI is InChI=1S/C11H10F2O4/c1-2-17-9(14)7-3-5-8(6-4-7)11(12,13)10(15)16/h3-6H,2H2,1H3,(H,15,16). The van der Waals surface area contributed by atoms with Gasteiger partial charge in [0, 0.05) is 5.56 Å². The maximum atomic E-state index is 13.0. The topological polar surface area (TPSA) is 63.6 Å². The van der Waals surface area contributed by atoms with Crippen LogP contribution >= 0.6 is 0 Å². The highest BCUT2D eigenvalue weighted by atomic mass is 19.3.